The first kappa shape index (κ1) is 16.0. The van der Waals surface area contributed by atoms with Gasteiger partial charge in [0, 0.05) is 0 Å². The molecule has 1 saturated carbocycles. The van der Waals surface area contributed by atoms with Crippen LogP contribution in [0.4, 0.5) is 4.79 Å². The van der Waals surface area contributed by atoms with Crippen molar-refractivity contribution in [1.29, 1.82) is 0 Å². The van der Waals surface area contributed by atoms with Gasteiger partial charge in [-0.05, 0) is 18.4 Å². The SMILES string of the molecule is O=C1NC2(CCCCCCC2)C(=O)N1CC(O)c1ccccc1. The molecule has 1 saturated heterocycles. The monoisotopic (exact) mass is 316 g/mol. The van der Waals surface area contributed by atoms with Crippen molar-refractivity contribution in [3.05, 3.63) is 35.9 Å². The molecule has 0 aromatic heterocycles. The lowest BCUT2D eigenvalue weighted by molar-refractivity contribution is -0.133. The van der Waals surface area contributed by atoms with Crippen LogP contribution in [0.5, 0.6) is 0 Å². The fourth-order valence-electron chi connectivity index (χ4n) is 3.64. The van der Waals surface area contributed by atoms with Crippen LogP contribution in [0.25, 0.3) is 0 Å². The number of benzene rings is 1. The van der Waals surface area contributed by atoms with Crippen LogP contribution in [0.1, 0.15) is 56.6 Å². The first-order valence-corrected chi connectivity index (χ1v) is 8.49. The highest BCUT2D eigenvalue weighted by Gasteiger charge is 2.50. The zero-order valence-electron chi connectivity index (χ0n) is 13.3. The Morgan fingerprint density at radius 3 is 2.30 bits per heavy atom. The van der Waals surface area contributed by atoms with Crippen molar-refractivity contribution >= 4 is 11.9 Å². The second kappa shape index (κ2) is 6.71. The third-order valence-electron chi connectivity index (χ3n) is 4.99. The van der Waals surface area contributed by atoms with Gasteiger partial charge in [0.2, 0.25) is 0 Å². The van der Waals surface area contributed by atoms with Gasteiger partial charge in [0.05, 0.1) is 12.6 Å². The Morgan fingerprint density at radius 1 is 1.04 bits per heavy atom. The van der Waals surface area contributed by atoms with Gasteiger partial charge in [-0.1, -0.05) is 62.4 Å². The number of carbonyl (C=O) groups is 2. The van der Waals surface area contributed by atoms with E-state index in [1.165, 1.54) is 11.3 Å². The Balaban J connectivity index is 1.73. The van der Waals surface area contributed by atoms with Crippen molar-refractivity contribution in [3.8, 4) is 0 Å². The average Bonchev–Trinajstić information content (AvgIpc) is 2.77. The van der Waals surface area contributed by atoms with E-state index < -0.39 is 11.6 Å². The fraction of sp³-hybridized carbons (Fsp3) is 0.556. The van der Waals surface area contributed by atoms with Crippen LogP contribution in [0.15, 0.2) is 30.3 Å². The van der Waals surface area contributed by atoms with Crippen molar-refractivity contribution in [1.82, 2.24) is 10.2 Å². The van der Waals surface area contributed by atoms with E-state index >= 15 is 0 Å². The van der Waals surface area contributed by atoms with E-state index in [4.69, 9.17) is 0 Å². The summed E-state index contributed by atoms with van der Waals surface area (Å²) in [4.78, 5) is 26.4. The van der Waals surface area contributed by atoms with Gasteiger partial charge >= 0.3 is 6.03 Å². The minimum Gasteiger partial charge on any atom is -0.387 e. The normalized spacial score (nSPS) is 22.6. The van der Waals surface area contributed by atoms with E-state index in [2.05, 4.69) is 5.32 Å². The topological polar surface area (TPSA) is 69.6 Å². The number of β-amino-alcohol motifs (C(OH)–C–C–N with tert-alkyl or cyclic N) is 1. The number of nitrogens with zero attached hydrogens (tertiary/aromatic N) is 1. The maximum absolute atomic E-state index is 12.9. The Morgan fingerprint density at radius 2 is 1.65 bits per heavy atom. The molecule has 3 amide bonds. The molecule has 1 aliphatic carbocycles. The highest BCUT2D eigenvalue weighted by Crippen LogP contribution is 2.32. The Bertz CT molecular complexity index is 565. The largest absolute Gasteiger partial charge is 0.387 e. The number of imide groups is 1. The van der Waals surface area contributed by atoms with Crippen molar-refractivity contribution in [2.75, 3.05) is 6.54 Å². The fourth-order valence-corrected chi connectivity index (χ4v) is 3.64. The first-order valence-electron chi connectivity index (χ1n) is 8.49. The summed E-state index contributed by atoms with van der Waals surface area (Å²) in [6.07, 6.45) is 5.89. The quantitative estimate of drug-likeness (QED) is 0.843. The second-order valence-electron chi connectivity index (χ2n) is 6.62. The summed E-state index contributed by atoms with van der Waals surface area (Å²) in [5.41, 5.74) is -0.0276. The van der Waals surface area contributed by atoms with E-state index in [1.807, 2.05) is 18.2 Å². The molecular formula is C18H24N2O3. The van der Waals surface area contributed by atoms with Crippen molar-refractivity contribution in [3.63, 3.8) is 0 Å². The van der Waals surface area contributed by atoms with Crippen LogP contribution in [0, 0.1) is 0 Å². The smallest absolute Gasteiger partial charge is 0.325 e. The van der Waals surface area contributed by atoms with Crippen LogP contribution >= 0.6 is 0 Å². The van der Waals surface area contributed by atoms with Crippen molar-refractivity contribution in [2.45, 2.75) is 56.6 Å². The number of nitrogens with one attached hydrogen (secondary N) is 1. The van der Waals surface area contributed by atoms with Gasteiger partial charge in [-0.2, -0.15) is 0 Å². The molecular weight excluding hydrogens is 292 g/mol. The number of amides is 3. The number of rotatable bonds is 3. The summed E-state index contributed by atoms with van der Waals surface area (Å²) in [7, 11) is 0. The minimum atomic E-state index is -0.852. The second-order valence-corrected chi connectivity index (χ2v) is 6.62. The van der Waals surface area contributed by atoms with E-state index in [0.29, 0.717) is 18.4 Å². The predicted octanol–water partition coefficient (Wildman–Crippen LogP) is 2.75. The van der Waals surface area contributed by atoms with Gasteiger partial charge < -0.3 is 10.4 Å². The molecule has 5 nitrogen and oxygen atoms in total. The highest BCUT2D eigenvalue weighted by molar-refractivity contribution is 6.07. The number of aliphatic hydroxyl groups is 1. The zero-order chi connectivity index (χ0) is 16.3. The maximum atomic E-state index is 12.9. The van der Waals surface area contributed by atoms with Gasteiger partial charge in [-0.25, -0.2) is 4.79 Å². The van der Waals surface area contributed by atoms with Crippen LogP contribution in [0.3, 0.4) is 0 Å². The molecule has 1 aliphatic heterocycles. The third kappa shape index (κ3) is 3.24. The van der Waals surface area contributed by atoms with E-state index in [-0.39, 0.29) is 18.5 Å². The van der Waals surface area contributed by atoms with Gasteiger partial charge in [-0.15, -0.1) is 0 Å². The molecule has 2 N–H and O–H groups in total. The van der Waals surface area contributed by atoms with E-state index in [9.17, 15) is 14.7 Å². The number of aliphatic hydroxyl groups excluding tert-OH is 1. The molecule has 1 aromatic rings. The van der Waals surface area contributed by atoms with Crippen LogP contribution in [-0.4, -0.2) is 34.0 Å². The van der Waals surface area contributed by atoms with E-state index in [0.717, 1.165) is 25.7 Å². The molecule has 5 heteroatoms. The molecule has 1 atom stereocenters. The maximum Gasteiger partial charge on any atom is 0.325 e. The molecule has 0 radical (unpaired) electrons. The van der Waals surface area contributed by atoms with Gasteiger partial charge in [0.25, 0.3) is 5.91 Å². The van der Waals surface area contributed by atoms with Crippen LogP contribution in [-0.2, 0) is 4.79 Å². The summed E-state index contributed by atoms with van der Waals surface area (Å²) < 4.78 is 0. The average molecular weight is 316 g/mol. The lowest BCUT2D eigenvalue weighted by atomic mass is 9.84. The Hall–Kier alpha value is -1.88. The summed E-state index contributed by atoms with van der Waals surface area (Å²) in [5, 5.41) is 13.2. The summed E-state index contributed by atoms with van der Waals surface area (Å²) in [6.45, 7) is 0.0103. The molecule has 2 aliphatic rings. The molecule has 3 rings (SSSR count). The summed E-state index contributed by atoms with van der Waals surface area (Å²) in [6, 6.07) is 8.77. The zero-order valence-corrected chi connectivity index (χ0v) is 13.3. The number of carbonyl (C=O) groups excluding carboxylic acids is 2. The number of hydrogen-bond donors (Lipinski definition) is 2. The third-order valence-corrected chi connectivity index (χ3v) is 4.99. The molecule has 1 heterocycles. The summed E-state index contributed by atoms with van der Waals surface area (Å²) in [5.74, 6) is -0.167. The van der Waals surface area contributed by atoms with Crippen LogP contribution in [0.2, 0.25) is 0 Å². The number of urea groups is 1. The van der Waals surface area contributed by atoms with Gasteiger partial charge in [-0.3, -0.25) is 9.69 Å². The van der Waals surface area contributed by atoms with E-state index in [1.54, 1.807) is 12.1 Å². The molecule has 1 spiro atoms. The lowest BCUT2D eigenvalue weighted by Crippen LogP contribution is -2.47. The van der Waals surface area contributed by atoms with Gasteiger partial charge in [0.1, 0.15) is 5.54 Å². The standard InChI is InChI=1S/C18H24N2O3/c21-15(14-9-5-4-6-10-14)13-20-16(22)18(19-17(20)23)11-7-2-1-3-8-12-18/h4-6,9-10,15,21H,1-3,7-8,11-13H2,(H,19,23). The number of hydrogen-bond acceptors (Lipinski definition) is 3. The first-order chi connectivity index (χ1) is 11.1. The molecule has 0 bridgehead atoms. The molecule has 1 aromatic carbocycles. The van der Waals surface area contributed by atoms with Crippen molar-refractivity contribution < 1.29 is 14.7 Å². The Kier molecular flexibility index (Phi) is 4.66. The molecule has 23 heavy (non-hydrogen) atoms. The van der Waals surface area contributed by atoms with Crippen LogP contribution < -0.4 is 5.32 Å². The molecule has 1 unspecified atom stereocenters. The minimum absolute atomic E-state index is 0.0103. The summed E-state index contributed by atoms with van der Waals surface area (Å²) >= 11 is 0. The van der Waals surface area contributed by atoms with Crippen molar-refractivity contribution in [2.24, 2.45) is 0 Å². The predicted molar refractivity (Wildman–Crippen MR) is 86.7 cm³/mol. The highest BCUT2D eigenvalue weighted by atomic mass is 16.3. The lowest BCUT2D eigenvalue weighted by Gasteiger charge is -2.28. The molecule has 2 fully saturated rings. The Labute approximate surface area is 136 Å². The molecule has 124 valence electrons. The van der Waals surface area contributed by atoms with Gasteiger partial charge in [0.15, 0.2) is 0 Å².